The number of rotatable bonds is 7. The Balaban J connectivity index is 2.24. The summed E-state index contributed by atoms with van der Waals surface area (Å²) < 4.78 is 21.4. The van der Waals surface area contributed by atoms with Crippen molar-refractivity contribution in [3.63, 3.8) is 0 Å². The van der Waals surface area contributed by atoms with Gasteiger partial charge in [0.15, 0.2) is 6.10 Å². The fourth-order valence-corrected chi connectivity index (χ4v) is 2.81. The second-order valence-corrected chi connectivity index (χ2v) is 6.43. The summed E-state index contributed by atoms with van der Waals surface area (Å²) >= 11 is 0. The maximum Gasteiger partial charge on any atom is 0.303 e. The summed E-state index contributed by atoms with van der Waals surface area (Å²) in [5, 5.41) is 16.8. The van der Waals surface area contributed by atoms with Crippen molar-refractivity contribution in [2.75, 3.05) is 11.9 Å². The highest BCUT2D eigenvalue weighted by atomic mass is 16.7. The summed E-state index contributed by atoms with van der Waals surface area (Å²) in [7, 11) is 0. The molecule has 1 aliphatic heterocycles. The van der Waals surface area contributed by atoms with Crippen LogP contribution >= 0.6 is 0 Å². The topological polar surface area (TPSA) is 169 Å². The first-order valence-electron chi connectivity index (χ1n) is 8.94. The Labute approximate surface area is 171 Å². The lowest BCUT2D eigenvalue weighted by molar-refractivity contribution is -0.248. The van der Waals surface area contributed by atoms with E-state index in [1.165, 1.54) is 26.0 Å². The molecule has 5 atom stereocenters. The predicted octanol–water partition coefficient (Wildman–Crippen LogP) is 1.28. The van der Waals surface area contributed by atoms with Crippen LogP contribution in [0.25, 0.3) is 10.4 Å². The molecule has 1 fully saturated rings. The number of nitrogens with zero attached hydrogens (tertiary/aromatic N) is 3. The maximum absolute atomic E-state index is 11.4. The average Bonchev–Trinajstić information content (AvgIpc) is 2.66. The van der Waals surface area contributed by atoms with Crippen molar-refractivity contribution in [1.29, 1.82) is 0 Å². The highest BCUT2D eigenvalue weighted by Gasteiger charge is 2.48. The zero-order valence-electron chi connectivity index (χ0n) is 16.5. The molecule has 0 bridgehead atoms. The molecule has 1 aromatic carbocycles. The molecule has 0 spiro atoms. The molecule has 0 saturated carbocycles. The lowest BCUT2D eigenvalue weighted by Crippen LogP contribution is -2.60. The van der Waals surface area contributed by atoms with Crippen molar-refractivity contribution in [3.8, 4) is 5.75 Å². The number of carbonyl (C=O) groups is 3. The minimum atomic E-state index is -1.48. The predicted molar refractivity (Wildman–Crippen MR) is 101 cm³/mol. The molecular weight excluding hydrogens is 400 g/mol. The summed E-state index contributed by atoms with van der Waals surface area (Å²) in [5.74, 6) is -1.26. The minimum absolute atomic E-state index is 0.240. The number of aliphatic hydroxyl groups excluding tert-OH is 1. The Morgan fingerprint density at radius 3 is 2.40 bits per heavy atom. The first kappa shape index (κ1) is 22.9. The van der Waals surface area contributed by atoms with Gasteiger partial charge in [0, 0.05) is 31.4 Å². The van der Waals surface area contributed by atoms with E-state index in [4.69, 9.17) is 24.5 Å². The van der Waals surface area contributed by atoms with E-state index in [1.54, 1.807) is 12.1 Å². The second kappa shape index (κ2) is 10.4. The number of azide groups is 1. The van der Waals surface area contributed by atoms with Crippen LogP contribution in [0.15, 0.2) is 29.4 Å². The van der Waals surface area contributed by atoms with Crippen LogP contribution in [0.3, 0.4) is 0 Å². The van der Waals surface area contributed by atoms with Gasteiger partial charge < -0.3 is 29.4 Å². The molecule has 12 heteroatoms. The fourth-order valence-electron chi connectivity index (χ4n) is 2.81. The Hall–Kier alpha value is -3.34. The lowest BCUT2D eigenvalue weighted by Gasteiger charge is -2.41. The van der Waals surface area contributed by atoms with E-state index in [0.717, 1.165) is 6.92 Å². The van der Waals surface area contributed by atoms with Crippen LogP contribution in [-0.4, -0.2) is 60.2 Å². The average molecular weight is 422 g/mol. The molecule has 0 aromatic heterocycles. The number of nitrogens with one attached hydrogen (secondary N) is 1. The molecule has 0 unspecified atom stereocenters. The van der Waals surface area contributed by atoms with E-state index in [0.29, 0.717) is 5.69 Å². The fraction of sp³-hybridized carbons (Fsp3) is 0.500. The standard InChI is InChI=1S/C18H22N4O8/c1-9(23)20-12-4-6-13(7-5-12)29-18-15(21-22-19)16(26)17(28-11(3)25)14(30-18)8-27-10(2)24/h4-7,14-18,26H,8H2,1-3H3,(H,20,23)/t14-,15-,16-,17-,18+/m1/s1. The van der Waals surface area contributed by atoms with Crippen LogP contribution in [0.5, 0.6) is 5.75 Å². The first-order chi connectivity index (χ1) is 14.2. The second-order valence-electron chi connectivity index (χ2n) is 6.43. The molecule has 2 rings (SSSR count). The van der Waals surface area contributed by atoms with Crippen LogP contribution in [0.4, 0.5) is 5.69 Å². The molecule has 0 aliphatic carbocycles. The first-order valence-corrected chi connectivity index (χ1v) is 8.94. The summed E-state index contributed by atoms with van der Waals surface area (Å²) in [6.07, 6.45) is -5.07. The highest BCUT2D eigenvalue weighted by Crippen LogP contribution is 2.29. The van der Waals surface area contributed by atoms with Crippen LogP contribution in [0.1, 0.15) is 20.8 Å². The van der Waals surface area contributed by atoms with Gasteiger partial charge in [0.2, 0.25) is 12.2 Å². The van der Waals surface area contributed by atoms with Crippen molar-refractivity contribution in [2.45, 2.75) is 51.4 Å². The summed E-state index contributed by atoms with van der Waals surface area (Å²) in [6, 6.07) is 4.97. The third-order valence-electron chi connectivity index (χ3n) is 4.01. The highest BCUT2D eigenvalue weighted by molar-refractivity contribution is 5.88. The van der Waals surface area contributed by atoms with Gasteiger partial charge in [-0.1, -0.05) is 5.11 Å². The van der Waals surface area contributed by atoms with Crippen molar-refractivity contribution in [3.05, 3.63) is 34.7 Å². The van der Waals surface area contributed by atoms with Gasteiger partial charge in [-0.2, -0.15) is 0 Å². The number of amides is 1. The summed E-state index contributed by atoms with van der Waals surface area (Å²) in [4.78, 5) is 36.4. The molecule has 1 saturated heterocycles. The molecular formula is C18H22N4O8. The number of esters is 2. The van der Waals surface area contributed by atoms with Crippen molar-refractivity contribution in [2.24, 2.45) is 5.11 Å². The molecule has 12 nitrogen and oxygen atoms in total. The van der Waals surface area contributed by atoms with E-state index in [9.17, 15) is 19.5 Å². The molecule has 162 valence electrons. The van der Waals surface area contributed by atoms with Crippen LogP contribution in [0, 0.1) is 0 Å². The number of anilines is 1. The molecule has 2 N–H and O–H groups in total. The lowest BCUT2D eigenvalue weighted by atomic mass is 9.97. The normalized spacial score (nSPS) is 25.4. The number of ether oxygens (including phenoxy) is 4. The van der Waals surface area contributed by atoms with Crippen molar-refractivity contribution < 1.29 is 38.4 Å². The Morgan fingerprint density at radius 2 is 1.87 bits per heavy atom. The molecule has 1 aliphatic rings. The number of hydrogen-bond acceptors (Lipinski definition) is 9. The molecule has 30 heavy (non-hydrogen) atoms. The minimum Gasteiger partial charge on any atom is -0.464 e. The SMILES string of the molecule is CC(=O)Nc1ccc(O[C@H]2O[C@H](COC(C)=O)[C@@H](OC(C)=O)[C@H](O)[C@H]2N=[N+]=[N-])cc1. The summed E-state index contributed by atoms with van der Waals surface area (Å²) in [5.41, 5.74) is 9.41. The molecule has 1 aromatic rings. The van der Waals surface area contributed by atoms with Crippen LogP contribution in [0.2, 0.25) is 0 Å². The van der Waals surface area contributed by atoms with Gasteiger partial charge in [-0.15, -0.1) is 0 Å². The number of hydrogen-bond donors (Lipinski definition) is 2. The third kappa shape index (κ3) is 6.34. The maximum atomic E-state index is 11.4. The Kier molecular flexibility index (Phi) is 7.98. The zero-order chi connectivity index (χ0) is 22.3. The molecule has 1 amide bonds. The Morgan fingerprint density at radius 1 is 1.20 bits per heavy atom. The Bertz CT molecular complexity index is 824. The van der Waals surface area contributed by atoms with Crippen LogP contribution < -0.4 is 10.1 Å². The van der Waals surface area contributed by atoms with Gasteiger partial charge in [0.05, 0.1) is 0 Å². The zero-order valence-corrected chi connectivity index (χ0v) is 16.5. The van der Waals surface area contributed by atoms with Gasteiger partial charge >= 0.3 is 11.9 Å². The van der Waals surface area contributed by atoms with E-state index in [1.807, 2.05) is 0 Å². The quantitative estimate of drug-likeness (QED) is 0.286. The van der Waals surface area contributed by atoms with Crippen LogP contribution in [-0.2, 0) is 28.6 Å². The van der Waals surface area contributed by atoms with E-state index < -0.39 is 42.6 Å². The van der Waals surface area contributed by atoms with Gasteiger partial charge in [0.1, 0.15) is 30.6 Å². The summed E-state index contributed by atoms with van der Waals surface area (Å²) in [6.45, 7) is 3.37. The van der Waals surface area contributed by atoms with E-state index in [2.05, 4.69) is 15.3 Å². The van der Waals surface area contributed by atoms with Gasteiger partial charge in [0.25, 0.3) is 0 Å². The molecule has 1 heterocycles. The molecule has 0 radical (unpaired) electrons. The van der Waals surface area contributed by atoms with Crippen molar-refractivity contribution in [1.82, 2.24) is 0 Å². The number of carbonyl (C=O) groups excluding carboxylic acids is 3. The third-order valence-corrected chi connectivity index (χ3v) is 4.01. The van der Waals surface area contributed by atoms with E-state index in [-0.39, 0.29) is 18.3 Å². The van der Waals surface area contributed by atoms with Gasteiger partial charge in [-0.3, -0.25) is 14.4 Å². The largest absolute Gasteiger partial charge is 0.464 e. The monoisotopic (exact) mass is 422 g/mol. The van der Waals surface area contributed by atoms with Gasteiger partial charge in [-0.05, 0) is 29.8 Å². The van der Waals surface area contributed by atoms with E-state index >= 15 is 0 Å². The van der Waals surface area contributed by atoms with Crippen molar-refractivity contribution >= 4 is 23.5 Å². The number of aliphatic hydroxyl groups is 1. The number of benzene rings is 1. The van der Waals surface area contributed by atoms with Gasteiger partial charge in [-0.25, -0.2) is 0 Å². The smallest absolute Gasteiger partial charge is 0.303 e.